The predicted molar refractivity (Wildman–Crippen MR) is 136 cm³/mol. The molecule has 7 nitrogen and oxygen atoms in total. The molecule has 2 aromatic carbocycles. The lowest BCUT2D eigenvalue weighted by Gasteiger charge is -2.40. The molecule has 1 aliphatic rings. The van der Waals surface area contributed by atoms with Crippen molar-refractivity contribution in [1.82, 2.24) is 4.90 Å². The summed E-state index contributed by atoms with van der Waals surface area (Å²) in [5.41, 5.74) is 9.53. The van der Waals surface area contributed by atoms with Crippen molar-refractivity contribution in [3.63, 3.8) is 0 Å². The number of carbonyl (C=O) groups excluding carboxylic acids is 2. The Balaban J connectivity index is 0.000000982. The number of hydrogen-bond acceptors (Lipinski definition) is 5. The highest BCUT2D eigenvalue weighted by Gasteiger charge is 2.31. The molecule has 0 unspecified atom stereocenters. The lowest BCUT2D eigenvalue weighted by molar-refractivity contribution is -0.137. The minimum atomic E-state index is -4.32. The van der Waals surface area contributed by atoms with Crippen LogP contribution in [-0.4, -0.2) is 55.1 Å². The molecule has 1 heterocycles. The maximum absolute atomic E-state index is 13.0. The minimum Gasteiger partial charge on any atom is -0.396 e. The highest BCUT2D eigenvalue weighted by molar-refractivity contribution is 5.64. The Hall–Kier alpha value is -3.11. The number of para-hydroxylation sites is 1. The van der Waals surface area contributed by atoms with Crippen molar-refractivity contribution in [2.24, 2.45) is 11.5 Å². The van der Waals surface area contributed by atoms with Gasteiger partial charge in [-0.1, -0.05) is 31.0 Å². The average molecular weight is 511 g/mol. The van der Waals surface area contributed by atoms with Crippen LogP contribution in [0, 0.1) is 0 Å². The monoisotopic (exact) mass is 510 g/mol. The third-order valence-electron chi connectivity index (χ3n) is 5.81. The van der Waals surface area contributed by atoms with E-state index in [1.54, 1.807) is 12.1 Å². The number of aliphatic hydroxyl groups is 1. The summed E-state index contributed by atoms with van der Waals surface area (Å²) in [6.07, 6.45) is 2.37. The normalized spacial score (nSPS) is 14.0. The van der Waals surface area contributed by atoms with Crippen molar-refractivity contribution in [2.75, 3.05) is 31.1 Å². The van der Waals surface area contributed by atoms with Gasteiger partial charge in [-0.25, -0.2) is 0 Å². The van der Waals surface area contributed by atoms with Gasteiger partial charge in [0.25, 0.3) is 0 Å². The Morgan fingerprint density at radius 2 is 1.36 bits per heavy atom. The van der Waals surface area contributed by atoms with Gasteiger partial charge in [-0.15, -0.1) is 0 Å². The standard InChI is InChI=1S/C24H31F3N2O.2CH3NO/c25-24(26,27)20-10-12-22(13-11-20)29(21-8-4-3-5-9-21)23-14-17-28(18-15-23)16-6-1-2-7-19-30;2*2-1-3/h3-5,8-13,23,30H,1-2,6-7,14-19H2;2*1H,(H2,2,3). The molecule has 0 saturated carbocycles. The number of amides is 2. The molecule has 0 bridgehead atoms. The third kappa shape index (κ3) is 11.1. The molecule has 0 spiro atoms. The zero-order valence-corrected chi connectivity index (χ0v) is 20.4. The fourth-order valence-electron chi connectivity index (χ4n) is 4.17. The van der Waals surface area contributed by atoms with Crippen LogP contribution in [0.4, 0.5) is 24.5 Å². The number of nitrogens with zero attached hydrogens (tertiary/aromatic N) is 2. The summed E-state index contributed by atoms with van der Waals surface area (Å²) in [6, 6.07) is 15.7. The Morgan fingerprint density at radius 3 is 1.86 bits per heavy atom. The van der Waals surface area contributed by atoms with Crippen molar-refractivity contribution < 1.29 is 27.9 Å². The molecule has 2 aromatic rings. The summed E-state index contributed by atoms with van der Waals surface area (Å²) in [4.78, 5) is 21.8. The van der Waals surface area contributed by atoms with Gasteiger partial charge < -0.3 is 26.4 Å². The molecule has 10 heteroatoms. The summed E-state index contributed by atoms with van der Waals surface area (Å²) in [5, 5.41) is 8.87. The van der Waals surface area contributed by atoms with E-state index in [9.17, 15) is 13.2 Å². The van der Waals surface area contributed by atoms with Crippen LogP contribution >= 0.6 is 0 Å². The summed E-state index contributed by atoms with van der Waals surface area (Å²) in [7, 11) is 0. The molecule has 1 saturated heterocycles. The van der Waals surface area contributed by atoms with E-state index in [2.05, 4.69) is 21.3 Å². The third-order valence-corrected chi connectivity index (χ3v) is 5.81. The van der Waals surface area contributed by atoms with Crippen LogP contribution in [0.1, 0.15) is 44.1 Å². The molecule has 3 rings (SSSR count). The number of anilines is 2. The summed E-state index contributed by atoms with van der Waals surface area (Å²) in [6.45, 7) is 3.33. The molecular formula is C26H37F3N4O3. The molecule has 0 aliphatic carbocycles. The highest BCUT2D eigenvalue weighted by atomic mass is 19.4. The van der Waals surface area contributed by atoms with E-state index in [4.69, 9.17) is 14.7 Å². The fourth-order valence-corrected chi connectivity index (χ4v) is 4.17. The number of carbonyl (C=O) groups is 2. The quantitative estimate of drug-likeness (QED) is 0.348. The van der Waals surface area contributed by atoms with Crippen molar-refractivity contribution in [3.05, 3.63) is 60.2 Å². The maximum atomic E-state index is 13.0. The molecule has 0 radical (unpaired) electrons. The second-order valence-electron chi connectivity index (χ2n) is 8.23. The van der Waals surface area contributed by atoms with Gasteiger partial charge in [0, 0.05) is 37.1 Å². The van der Waals surface area contributed by atoms with Gasteiger partial charge in [-0.3, -0.25) is 9.59 Å². The molecular weight excluding hydrogens is 473 g/mol. The van der Waals surface area contributed by atoms with Crippen LogP contribution in [0.5, 0.6) is 0 Å². The van der Waals surface area contributed by atoms with E-state index in [-0.39, 0.29) is 25.5 Å². The second kappa shape index (κ2) is 17.3. The van der Waals surface area contributed by atoms with Gasteiger partial charge in [0.1, 0.15) is 0 Å². The van der Waals surface area contributed by atoms with Gasteiger partial charge in [0.05, 0.1) is 5.56 Å². The van der Waals surface area contributed by atoms with Crippen LogP contribution in [0.15, 0.2) is 54.6 Å². The summed E-state index contributed by atoms with van der Waals surface area (Å²) in [5.74, 6) is 0. The average Bonchev–Trinajstić information content (AvgIpc) is 2.86. The summed E-state index contributed by atoms with van der Waals surface area (Å²) >= 11 is 0. The Morgan fingerprint density at radius 1 is 0.861 bits per heavy atom. The first-order valence-corrected chi connectivity index (χ1v) is 12.0. The van der Waals surface area contributed by atoms with Crippen molar-refractivity contribution in [3.8, 4) is 0 Å². The molecule has 0 aromatic heterocycles. The van der Waals surface area contributed by atoms with Crippen molar-refractivity contribution in [1.29, 1.82) is 0 Å². The van der Waals surface area contributed by atoms with E-state index >= 15 is 0 Å². The number of nitrogens with two attached hydrogens (primary N) is 2. The van der Waals surface area contributed by atoms with Crippen LogP contribution in [0.3, 0.4) is 0 Å². The van der Waals surface area contributed by atoms with Gasteiger partial charge >= 0.3 is 6.18 Å². The van der Waals surface area contributed by atoms with Gasteiger partial charge in [0.2, 0.25) is 12.8 Å². The highest BCUT2D eigenvalue weighted by Crippen LogP contribution is 2.35. The molecule has 200 valence electrons. The van der Waals surface area contributed by atoms with Crippen molar-refractivity contribution >= 4 is 24.2 Å². The Bertz CT molecular complexity index is 838. The van der Waals surface area contributed by atoms with Gasteiger partial charge in [0.15, 0.2) is 0 Å². The molecule has 1 fully saturated rings. The number of likely N-dealkylation sites (tertiary alicyclic amines) is 1. The zero-order valence-electron chi connectivity index (χ0n) is 20.4. The first-order valence-electron chi connectivity index (χ1n) is 12.0. The lowest BCUT2D eigenvalue weighted by atomic mass is 10.0. The molecule has 0 atom stereocenters. The predicted octanol–water partition coefficient (Wildman–Crippen LogP) is 4.06. The Labute approximate surface area is 210 Å². The second-order valence-corrected chi connectivity index (χ2v) is 8.23. The number of piperidine rings is 1. The largest absolute Gasteiger partial charge is 0.416 e. The minimum absolute atomic E-state index is 0.250. The first-order chi connectivity index (χ1) is 17.3. The molecule has 2 amide bonds. The van der Waals surface area contributed by atoms with Crippen LogP contribution in [0.2, 0.25) is 0 Å². The first kappa shape index (κ1) is 30.9. The fraction of sp³-hybridized carbons (Fsp3) is 0.462. The van der Waals surface area contributed by atoms with E-state index in [1.807, 2.05) is 30.3 Å². The van der Waals surface area contributed by atoms with E-state index in [1.165, 1.54) is 12.1 Å². The van der Waals surface area contributed by atoms with Gasteiger partial charge in [-0.05, 0) is 68.6 Å². The van der Waals surface area contributed by atoms with Gasteiger partial charge in [-0.2, -0.15) is 13.2 Å². The number of hydrogen-bond donors (Lipinski definition) is 3. The number of primary amides is 2. The Kier molecular flexibility index (Phi) is 14.9. The SMILES string of the molecule is NC=O.NC=O.OCCCCCCN1CCC(N(c2ccccc2)c2ccc(C(F)(F)F)cc2)CC1. The van der Waals surface area contributed by atoms with Crippen LogP contribution in [-0.2, 0) is 15.8 Å². The maximum Gasteiger partial charge on any atom is 0.416 e. The van der Waals surface area contributed by atoms with Crippen molar-refractivity contribution in [2.45, 2.75) is 50.7 Å². The smallest absolute Gasteiger partial charge is 0.396 e. The number of alkyl halides is 3. The van der Waals surface area contributed by atoms with E-state index < -0.39 is 11.7 Å². The number of halogens is 3. The molecule has 5 N–H and O–H groups in total. The van der Waals surface area contributed by atoms with Crippen LogP contribution in [0.25, 0.3) is 0 Å². The number of unbranched alkanes of at least 4 members (excludes halogenated alkanes) is 3. The number of benzene rings is 2. The zero-order chi connectivity index (χ0) is 26.8. The van der Waals surface area contributed by atoms with E-state index in [0.29, 0.717) is 0 Å². The molecule has 36 heavy (non-hydrogen) atoms. The van der Waals surface area contributed by atoms with Crippen LogP contribution < -0.4 is 16.4 Å². The lowest BCUT2D eigenvalue weighted by Crippen LogP contribution is -2.43. The summed E-state index contributed by atoms with van der Waals surface area (Å²) < 4.78 is 38.9. The number of rotatable bonds is 9. The number of aliphatic hydroxyl groups excluding tert-OH is 1. The molecule has 1 aliphatic heterocycles. The van der Waals surface area contributed by atoms with E-state index in [0.717, 1.165) is 69.5 Å². The topological polar surface area (TPSA) is 113 Å².